The number of hydrogen-bond donors (Lipinski definition) is 1. The highest BCUT2D eigenvalue weighted by molar-refractivity contribution is 8.00. The quantitative estimate of drug-likeness (QED) is 0.281. The van der Waals surface area contributed by atoms with Crippen molar-refractivity contribution < 1.29 is 4.79 Å². The Hall–Kier alpha value is -2.62. The van der Waals surface area contributed by atoms with E-state index in [2.05, 4.69) is 32.6 Å². The fourth-order valence-electron chi connectivity index (χ4n) is 3.13. The minimum Gasteiger partial charge on any atom is -0.301 e. The second-order valence-corrected chi connectivity index (χ2v) is 10.8. The highest BCUT2D eigenvalue weighted by atomic mass is 32.2. The Morgan fingerprint density at radius 2 is 1.76 bits per heavy atom. The van der Waals surface area contributed by atoms with E-state index in [-0.39, 0.29) is 11.2 Å². The third kappa shape index (κ3) is 5.85. The first-order valence-corrected chi connectivity index (χ1v) is 13.3. The maximum atomic E-state index is 13.0. The van der Waals surface area contributed by atoms with Crippen LogP contribution in [0.4, 0.5) is 5.13 Å². The van der Waals surface area contributed by atoms with Crippen molar-refractivity contribution in [3.8, 4) is 5.69 Å². The smallest absolute Gasteiger partial charge is 0.239 e. The number of nitrogens with one attached hydrogen (secondary N) is 1. The summed E-state index contributed by atoms with van der Waals surface area (Å²) in [6.07, 6.45) is 0.662. The summed E-state index contributed by atoms with van der Waals surface area (Å²) in [6, 6.07) is 20.3. The summed E-state index contributed by atoms with van der Waals surface area (Å²) >= 11 is 4.65. The van der Waals surface area contributed by atoms with Crippen molar-refractivity contribution in [1.29, 1.82) is 0 Å². The van der Waals surface area contributed by atoms with Crippen LogP contribution in [0.1, 0.15) is 29.7 Å². The zero-order valence-corrected chi connectivity index (χ0v) is 21.1. The molecule has 0 saturated heterocycles. The highest BCUT2D eigenvalue weighted by Gasteiger charge is 2.24. The van der Waals surface area contributed by atoms with Crippen molar-refractivity contribution in [3.63, 3.8) is 0 Å². The average Bonchev–Trinajstić information content (AvgIpc) is 3.38. The molecule has 4 rings (SSSR count). The standard InChI is InChI=1S/C24H25N5OS3/c1-4-20(22(30)26-23-25-16(2)17(3)32-23)33-24-28-27-21(15-31-19-13-9-6-10-14-19)29(24)18-11-7-5-8-12-18/h5-14,20H,4,15H2,1-3H3,(H,25,26,30). The molecule has 0 aliphatic carbocycles. The molecule has 4 aromatic rings. The highest BCUT2D eigenvalue weighted by Crippen LogP contribution is 2.31. The van der Waals surface area contributed by atoms with Crippen LogP contribution in [-0.4, -0.2) is 30.9 Å². The molecular weight excluding hydrogens is 470 g/mol. The number of carbonyl (C=O) groups is 1. The normalized spacial score (nSPS) is 12.0. The largest absolute Gasteiger partial charge is 0.301 e. The van der Waals surface area contributed by atoms with Gasteiger partial charge < -0.3 is 5.32 Å². The molecule has 0 aliphatic heterocycles. The Kier molecular flexibility index (Phi) is 7.85. The molecule has 9 heteroatoms. The predicted octanol–water partition coefficient (Wildman–Crippen LogP) is 6.14. The Morgan fingerprint density at radius 1 is 1.06 bits per heavy atom. The van der Waals surface area contributed by atoms with Crippen LogP contribution < -0.4 is 5.32 Å². The van der Waals surface area contributed by atoms with Gasteiger partial charge in [-0.1, -0.05) is 55.1 Å². The minimum atomic E-state index is -0.309. The molecular formula is C24H25N5OS3. The second kappa shape index (κ2) is 11.0. The van der Waals surface area contributed by atoms with Gasteiger partial charge in [0.15, 0.2) is 10.3 Å². The molecule has 170 valence electrons. The molecule has 0 spiro atoms. The van der Waals surface area contributed by atoms with Gasteiger partial charge in [0.2, 0.25) is 5.91 Å². The van der Waals surface area contributed by atoms with Crippen LogP contribution in [0.2, 0.25) is 0 Å². The van der Waals surface area contributed by atoms with Crippen molar-refractivity contribution in [2.45, 2.75) is 48.2 Å². The van der Waals surface area contributed by atoms with Crippen molar-refractivity contribution in [1.82, 2.24) is 19.7 Å². The lowest BCUT2D eigenvalue weighted by Crippen LogP contribution is -2.25. The summed E-state index contributed by atoms with van der Waals surface area (Å²) in [6.45, 7) is 5.96. The number of rotatable bonds is 9. The summed E-state index contributed by atoms with van der Waals surface area (Å²) in [5.74, 6) is 1.45. The number of anilines is 1. The maximum absolute atomic E-state index is 13.0. The van der Waals surface area contributed by atoms with E-state index in [1.54, 1.807) is 11.8 Å². The fourth-order valence-corrected chi connectivity index (χ4v) is 5.77. The molecule has 33 heavy (non-hydrogen) atoms. The summed E-state index contributed by atoms with van der Waals surface area (Å²) < 4.78 is 2.05. The van der Waals surface area contributed by atoms with Crippen LogP contribution in [-0.2, 0) is 10.5 Å². The third-order valence-corrected chi connectivity index (χ3v) is 8.30. The summed E-state index contributed by atoms with van der Waals surface area (Å²) in [5.41, 5.74) is 1.93. The van der Waals surface area contributed by atoms with Crippen molar-refractivity contribution in [2.24, 2.45) is 0 Å². The first-order valence-electron chi connectivity index (χ1n) is 10.6. The van der Waals surface area contributed by atoms with Gasteiger partial charge in [-0.15, -0.1) is 33.3 Å². The van der Waals surface area contributed by atoms with Crippen LogP contribution in [0.3, 0.4) is 0 Å². The number of amides is 1. The molecule has 1 atom stereocenters. The molecule has 0 bridgehead atoms. The lowest BCUT2D eigenvalue weighted by molar-refractivity contribution is -0.115. The molecule has 1 amide bonds. The van der Waals surface area contributed by atoms with E-state index in [1.807, 2.05) is 73.9 Å². The van der Waals surface area contributed by atoms with Crippen LogP contribution in [0, 0.1) is 13.8 Å². The molecule has 2 aromatic carbocycles. The van der Waals surface area contributed by atoms with Gasteiger partial charge in [0.25, 0.3) is 0 Å². The monoisotopic (exact) mass is 495 g/mol. The first-order chi connectivity index (χ1) is 16.0. The number of thiazole rings is 1. The number of benzene rings is 2. The van der Waals surface area contributed by atoms with E-state index in [0.717, 1.165) is 22.1 Å². The number of thioether (sulfide) groups is 2. The summed E-state index contributed by atoms with van der Waals surface area (Å²) in [7, 11) is 0. The molecule has 1 unspecified atom stereocenters. The minimum absolute atomic E-state index is 0.0703. The molecule has 0 radical (unpaired) electrons. The topological polar surface area (TPSA) is 72.7 Å². The van der Waals surface area contributed by atoms with Gasteiger partial charge in [-0.25, -0.2) is 4.98 Å². The van der Waals surface area contributed by atoms with Gasteiger partial charge in [-0.2, -0.15) is 0 Å². The van der Waals surface area contributed by atoms with E-state index < -0.39 is 0 Å². The summed E-state index contributed by atoms with van der Waals surface area (Å²) in [4.78, 5) is 19.7. The van der Waals surface area contributed by atoms with Gasteiger partial charge in [0.1, 0.15) is 5.82 Å². The van der Waals surface area contributed by atoms with Gasteiger partial charge in [0, 0.05) is 15.5 Å². The van der Waals surface area contributed by atoms with Gasteiger partial charge >= 0.3 is 0 Å². The van der Waals surface area contributed by atoms with Crippen LogP contribution in [0.5, 0.6) is 0 Å². The number of carbonyl (C=O) groups excluding carboxylic acids is 1. The molecule has 0 fully saturated rings. The van der Waals surface area contributed by atoms with Crippen molar-refractivity contribution in [2.75, 3.05) is 5.32 Å². The number of aromatic nitrogens is 4. The molecule has 2 heterocycles. The molecule has 6 nitrogen and oxygen atoms in total. The lowest BCUT2D eigenvalue weighted by atomic mass is 10.3. The number of hydrogen-bond acceptors (Lipinski definition) is 7. The Morgan fingerprint density at radius 3 is 2.39 bits per heavy atom. The van der Waals surface area contributed by atoms with Gasteiger partial charge in [0.05, 0.1) is 16.7 Å². The zero-order chi connectivity index (χ0) is 23.2. The van der Waals surface area contributed by atoms with Crippen molar-refractivity contribution >= 4 is 45.9 Å². The fraction of sp³-hybridized carbons (Fsp3) is 0.250. The molecule has 2 aromatic heterocycles. The predicted molar refractivity (Wildman–Crippen MR) is 138 cm³/mol. The maximum Gasteiger partial charge on any atom is 0.239 e. The number of aryl methyl sites for hydroxylation is 2. The van der Waals surface area contributed by atoms with E-state index in [1.165, 1.54) is 28.0 Å². The Bertz CT molecular complexity index is 1190. The first kappa shape index (κ1) is 23.5. The second-order valence-electron chi connectivity index (χ2n) is 7.34. The van der Waals surface area contributed by atoms with Gasteiger partial charge in [-0.05, 0) is 44.5 Å². The van der Waals surface area contributed by atoms with Crippen LogP contribution in [0.25, 0.3) is 5.69 Å². The Balaban J connectivity index is 1.56. The van der Waals surface area contributed by atoms with Crippen LogP contribution >= 0.6 is 34.9 Å². The third-order valence-electron chi connectivity index (χ3n) is 5.00. The van der Waals surface area contributed by atoms with Gasteiger partial charge in [-0.3, -0.25) is 9.36 Å². The Labute approximate surface area is 206 Å². The SMILES string of the molecule is CCC(Sc1nnc(CSc2ccccc2)n1-c1ccccc1)C(=O)Nc1nc(C)c(C)s1. The van der Waals surface area contributed by atoms with E-state index in [9.17, 15) is 4.79 Å². The lowest BCUT2D eigenvalue weighted by Gasteiger charge is -2.15. The molecule has 0 aliphatic rings. The zero-order valence-electron chi connectivity index (χ0n) is 18.7. The summed E-state index contributed by atoms with van der Waals surface area (Å²) in [5, 5.41) is 13.0. The van der Waals surface area contributed by atoms with Crippen molar-refractivity contribution in [3.05, 3.63) is 77.1 Å². The number of nitrogens with zero attached hydrogens (tertiary/aromatic N) is 4. The van der Waals surface area contributed by atoms with Crippen LogP contribution in [0.15, 0.2) is 70.7 Å². The van der Waals surface area contributed by atoms with E-state index in [4.69, 9.17) is 0 Å². The molecule has 0 saturated carbocycles. The van der Waals surface area contributed by atoms with E-state index in [0.29, 0.717) is 22.5 Å². The average molecular weight is 496 g/mol. The number of para-hydroxylation sites is 1. The van der Waals surface area contributed by atoms with E-state index >= 15 is 0 Å². The molecule has 1 N–H and O–H groups in total.